The summed E-state index contributed by atoms with van der Waals surface area (Å²) in [6, 6.07) is 103. The molecule has 40 rings (SSSR count). The van der Waals surface area contributed by atoms with Crippen molar-refractivity contribution in [2.75, 3.05) is 35.9 Å². The molecule has 14 aromatic carbocycles. The van der Waals surface area contributed by atoms with E-state index >= 15 is 0 Å². The zero-order valence-corrected chi connectivity index (χ0v) is 82.1. The van der Waals surface area contributed by atoms with E-state index in [0.29, 0.717) is 47.1 Å². The van der Waals surface area contributed by atoms with Crippen molar-refractivity contribution in [2.24, 2.45) is 5.41 Å². The maximum atomic E-state index is 6.52. The predicted octanol–water partition coefficient (Wildman–Crippen LogP) is 33.0. The van der Waals surface area contributed by atoms with E-state index in [1.165, 1.54) is 228 Å². The summed E-state index contributed by atoms with van der Waals surface area (Å²) in [5, 5.41) is 12.2. The van der Waals surface area contributed by atoms with E-state index in [4.69, 9.17) is 22.1 Å². The molecule has 4 saturated carbocycles. The third-order valence-electron chi connectivity index (χ3n) is 38.4. The lowest BCUT2D eigenvalue weighted by Crippen LogP contribution is -2.72. The van der Waals surface area contributed by atoms with Gasteiger partial charge >= 0.3 is 0 Å². The van der Waals surface area contributed by atoms with E-state index < -0.39 is 0 Å². The number of benzene rings is 14. The van der Waals surface area contributed by atoms with Crippen LogP contribution < -0.4 is 29.4 Å². The summed E-state index contributed by atoms with van der Waals surface area (Å²) in [6.07, 6.45) is 19.8. The fourth-order valence-corrected chi connectivity index (χ4v) is 31.1. The smallest absolute Gasteiger partial charge is 0.159 e. The van der Waals surface area contributed by atoms with Gasteiger partial charge in [0.2, 0.25) is 0 Å². The van der Waals surface area contributed by atoms with Crippen molar-refractivity contribution in [1.82, 2.24) is 0 Å². The fraction of sp³-hybridized carbons (Fsp3) is 0.339. The van der Waals surface area contributed by atoms with Gasteiger partial charge in [-0.3, -0.25) is 0 Å². The molecule has 11 heteroatoms. The monoisotopic (exact) mass is 1810 g/mol. The van der Waals surface area contributed by atoms with Crippen LogP contribution in [-0.4, -0.2) is 42.4 Å². The van der Waals surface area contributed by atoms with Gasteiger partial charge in [-0.2, -0.15) is 0 Å². The molecule has 5 aromatic heterocycles. The summed E-state index contributed by atoms with van der Waals surface area (Å²) >= 11 is 0. The second kappa shape index (κ2) is 30.2. The molecule has 8 saturated heterocycles. The highest BCUT2D eigenvalue weighted by atomic mass is 16.3. The normalized spacial score (nSPS) is 27.8. The number of piperidine rings is 7. The van der Waals surface area contributed by atoms with E-state index in [1.54, 1.807) is 16.7 Å². The summed E-state index contributed by atoms with van der Waals surface area (Å²) in [5.74, 6) is 0.602. The Morgan fingerprint density at radius 1 is 0.283 bits per heavy atom. The highest BCUT2D eigenvalue weighted by Crippen LogP contribution is 2.70. The van der Waals surface area contributed by atoms with Crippen molar-refractivity contribution in [1.29, 1.82) is 0 Å². The number of anilines is 6. The highest BCUT2D eigenvalue weighted by Gasteiger charge is 2.66. The first kappa shape index (κ1) is 84.2. The first-order valence-corrected chi connectivity index (χ1v) is 51.7. The van der Waals surface area contributed by atoms with Gasteiger partial charge in [0, 0.05) is 118 Å². The van der Waals surface area contributed by atoms with Gasteiger partial charge in [0.05, 0.1) is 57.3 Å². The van der Waals surface area contributed by atoms with Crippen LogP contribution in [0.25, 0.3) is 110 Å². The maximum Gasteiger partial charge on any atom is 0.159 e. The van der Waals surface area contributed by atoms with Crippen LogP contribution in [0.1, 0.15) is 230 Å². The largest absolute Gasteiger partial charge is 0.454 e. The van der Waals surface area contributed by atoms with Crippen molar-refractivity contribution in [2.45, 2.75) is 262 Å². The van der Waals surface area contributed by atoms with Crippen LogP contribution in [0.2, 0.25) is 0 Å². The van der Waals surface area contributed by atoms with Gasteiger partial charge in [-0.05, 0) is 282 Å². The number of furan rings is 5. The Kier molecular flexibility index (Phi) is 18.4. The molecule has 5 unspecified atom stereocenters. The average molecular weight is 1810 g/mol. The molecule has 10 bridgehead atoms. The molecule has 12 fully saturated rings. The number of nitrogens with zero attached hydrogens (tertiary/aromatic N) is 6. The summed E-state index contributed by atoms with van der Waals surface area (Å²) < 4.78 is 32.3. The SMILES string of the molecule is Cc1ccc2c(oc3ccccc32)c1N1C2CCC(c3ccccc32)[C@@H]1C.Cc1ccc2c(oc3ccccc32)c1N1[C@@H](C)C2(C)CCC1(C)c1ccccc12.Cc1ccc2c(oc3ccccc32)c1N1[C@@H](C)C23CCC1(CC2)CC3.Cc1ccc2c(oc3ccccc32)c1N1[C@@H](C)C23CCC1(CC2)c1ccccc13.Cc1ccc2c(oc3ccccc32)c1N1[C@@H](C)N2CCC1(C)c1ccccc12. The van der Waals surface area contributed by atoms with Gasteiger partial charge in [0.25, 0.3) is 0 Å². The van der Waals surface area contributed by atoms with E-state index in [9.17, 15) is 0 Å². The maximum absolute atomic E-state index is 6.52. The molecular formula is C127H124N6O5. The Balaban J connectivity index is 0.0000000871. The molecule has 0 spiro atoms. The Morgan fingerprint density at radius 2 is 0.667 bits per heavy atom. The van der Waals surface area contributed by atoms with Gasteiger partial charge in [0.1, 0.15) is 27.9 Å². The zero-order chi connectivity index (χ0) is 93.3. The Labute approximate surface area is 809 Å². The number of hydrogen-bond acceptors (Lipinski definition) is 11. The van der Waals surface area contributed by atoms with Gasteiger partial charge < -0.3 is 51.5 Å². The van der Waals surface area contributed by atoms with Crippen LogP contribution in [0.15, 0.2) is 301 Å². The van der Waals surface area contributed by atoms with Crippen molar-refractivity contribution in [3.63, 3.8) is 0 Å². The molecule has 13 aliphatic heterocycles. The number of aryl methyl sites for hydroxylation is 5. The number of rotatable bonds is 5. The summed E-state index contributed by atoms with van der Waals surface area (Å²) in [4.78, 5) is 16.1. The first-order valence-electron chi connectivity index (χ1n) is 51.7. The summed E-state index contributed by atoms with van der Waals surface area (Å²) in [7, 11) is 0. The fourth-order valence-electron chi connectivity index (χ4n) is 31.1. The van der Waals surface area contributed by atoms with Gasteiger partial charge in [-0.15, -0.1) is 0 Å². The number of fused-ring (bicyclic) bond motifs is 21. The van der Waals surface area contributed by atoms with E-state index in [-0.39, 0.29) is 33.6 Å². The Hall–Kier alpha value is -13.1. The summed E-state index contributed by atoms with van der Waals surface area (Å²) in [5.41, 5.74) is 36.7. The molecule has 11 nitrogen and oxygen atoms in total. The minimum absolute atomic E-state index is 0.0220. The molecule has 18 heterocycles. The van der Waals surface area contributed by atoms with Crippen molar-refractivity contribution in [3.8, 4) is 0 Å². The van der Waals surface area contributed by atoms with E-state index in [0.717, 1.165) is 68.8 Å². The van der Waals surface area contributed by atoms with E-state index in [1.807, 2.05) is 6.07 Å². The molecule has 0 amide bonds. The van der Waals surface area contributed by atoms with Gasteiger partial charge in [0.15, 0.2) is 27.9 Å². The van der Waals surface area contributed by atoms with Gasteiger partial charge in [-0.1, -0.05) is 250 Å². The third-order valence-corrected chi connectivity index (χ3v) is 38.4. The molecule has 692 valence electrons. The quantitative estimate of drug-likeness (QED) is 0.165. The lowest BCUT2D eigenvalue weighted by Gasteiger charge is -2.70. The van der Waals surface area contributed by atoms with Crippen LogP contribution >= 0.6 is 0 Å². The Bertz CT molecular complexity index is 8070. The second-order valence-corrected chi connectivity index (χ2v) is 44.4. The second-order valence-electron chi connectivity index (χ2n) is 44.4. The molecule has 0 N–H and O–H groups in total. The Morgan fingerprint density at radius 3 is 1.15 bits per heavy atom. The van der Waals surface area contributed by atoms with Crippen LogP contribution in [-0.2, 0) is 27.4 Å². The standard InChI is InChI=1S/C27H25NO.C27H27NO.C25H24N2O.C25H23NO.C23H25NO/c1-17-11-12-20-19-7-3-6-10-23(19)29-25(20)24(17)28-18(2)26-13-15-27(28,16-14-26)22-9-5-4-8-21(22)26;1-17-13-14-20-19-9-5-8-12-23(19)29-25(20)24(17)28-18(2)26(3)15-16-27(28,4)22-11-7-6-10-21(22)26;1-16-12-13-19-18-8-4-7-11-22(18)28-24(19)23(16)27-17(2)26-15-14-25(27,3)20-9-5-6-10-21(20)26;1-15-11-12-21-20-9-5-6-10-23(20)27-25(21)24(15)26-16(2)17-13-14-22(26)19-8-4-3-7-18(17)19;1-15-7-8-18-17-5-3-4-6-19(17)25-21(18)20(15)24-16(2)22-9-12-23(24,13-10-22)14-11-22/h3-12,18H,13-16H2,1-2H3;5-14,18H,15-16H2,1-4H3;4-13,17H,14-15H2,1-3H3;3-12,16-17,22H,13-14H2,1-2H3;3-8,16H,9-14H2,1-2H3/t2*18-,26?,27?;17-,25?;16-,17?,22?;16-,22?,23?/m00000/s1. The molecular weight excluding hydrogens is 1690 g/mol. The third kappa shape index (κ3) is 11.4. The van der Waals surface area contributed by atoms with Crippen molar-refractivity contribution < 1.29 is 22.1 Å². The van der Waals surface area contributed by atoms with Gasteiger partial charge in [-0.25, -0.2) is 0 Å². The molecule has 21 aliphatic rings. The molecule has 10 atom stereocenters. The van der Waals surface area contributed by atoms with Crippen molar-refractivity contribution in [3.05, 3.63) is 346 Å². The predicted molar refractivity (Wildman–Crippen MR) is 570 cm³/mol. The average Bonchev–Trinajstić information content (AvgIpc) is 0.693. The van der Waals surface area contributed by atoms with Crippen LogP contribution in [0, 0.1) is 40.0 Å². The molecule has 19 aromatic rings. The van der Waals surface area contributed by atoms with Crippen molar-refractivity contribution >= 4 is 144 Å². The number of para-hydroxylation sites is 6. The molecule has 0 radical (unpaired) electrons. The highest BCUT2D eigenvalue weighted by molar-refractivity contribution is 6.14. The van der Waals surface area contributed by atoms with Crippen LogP contribution in [0.3, 0.4) is 0 Å². The molecule has 138 heavy (non-hydrogen) atoms. The molecule has 8 aliphatic carbocycles. The summed E-state index contributed by atoms with van der Waals surface area (Å²) in [6.45, 7) is 31.6. The van der Waals surface area contributed by atoms with E-state index in [2.05, 4.69) is 392 Å². The minimum Gasteiger partial charge on any atom is -0.454 e. The van der Waals surface area contributed by atoms with Crippen LogP contribution in [0.5, 0.6) is 0 Å². The topological polar surface area (TPSA) is 85.1 Å². The first-order chi connectivity index (χ1) is 67.1. The van der Waals surface area contributed by atoms with Crippen LogP contribution in [0.4, 0.5) is 34.1 Å². The minimum atomic E-state index is -0.0389. The number of hydrogen-bond donors (Lipinski definition) is 0. The zero-order valence-electron chi connectivity index (χ0n) is 82.1. The lowest BCUT2D eigenvalue weighted by molar-refractivity contribution is -0.0446. The lowest BCUT2D eigenvalue weighted by atomic mass is 9.47.